The molecule has 0 spiro atoms. The smallest absolute Gasteiger partial charge is 0.164 e. The van der Waals surface area contributed by atoms with Gasteiger partial charge in [0.2, 0.25) is 0 Å². The lowest BCUT2D eigenvalue weighted by Gasteiger charge is -2.17. The quantitative estimate of drug-likeness (QED) is 0.102. The van der Waals surface area contributed by atoms with Crippen LogP contribution in [0.4, 0.5) is 0 Å². The second-order valence-corrected chi connectivity index (χ2v) is 36.8. The minimum atomic E-state index is 0.630. The molecule has 0 N–H and O–H groups in total. The van der Waals surface area contributed by atoms with Crippen LogP contribution in [0.25, 0.3) is 278 Å². The Kier molecular flexibility index (Phi) is 21.6. The third kappa shape index (κ3) is 15.3. The fourth-order valence-corrected chi connectivity index (χ4v) is 21.6. The first-order valence-corrected chi connectivity index (χ1v) is 48.8. The van der Waals surface area contributed by atoms with Crippen LogP contribution in [0.3, 0.4) is 0 Å². The van der Waals surface area contributed by atoms with E-state index >= 15 is 0 Å². The number of benzene rings is 22. The molecule has 22 aromatic carbocycles. The Morgan fingerprint density at radius 3 is 0.767 bits per heavy atom. The van der Waals surface area contributed by atoms with Gasteiger partial charge in [-0.15, -0.1) is 0 Å². The first kappa shape index (κ1) is 86.1. The van der Waals surface area contributed by atoms with Crippen molar-refractivity contribution in [2.45, 2.75) is 0 Å². The normalized spacial score (nSPS) is 11.4. The molecule has 0 radical (unpaired) electrons. The van der Waals surface area contributed by atoms with Crippen molar-refractivity contribution in [3.8, 4) is 243 Å². The van der Waals surface area contributed by atoms with Gasteiger partial charge in [-0.1, -0.05) is 431 Å². The molecule has 146 heavy (non-hydrogen) atoms. The predicted molar refractivity (Wildman–Crippen MR) is 595 cm³/mol. The standard InChI is InChI=1S/C52H30N4.C45H27N3.C39H23N3/c53-31-32-21-22-33-23-24-36(30-37(33)29-32)38-25-26-45-40-15-7-8-16-41(40)46-28-27-44(48(38)49(45)46)42-18-9-19-43-39(42)17-10-20-47(43)52-55-50(34-11-3-1-4-12-34)54-51(56-52)35-13-5-2-6-14-35;46-28-29-15-17-30(18-16-29)35-23-25-39-37-13-7-8-14-38(37)40-26-24-36(43(35)44(39)40)31-19-21-33(22-20-31)42-27-41(32-9-3-1-4-10-32)47-45(48-42)34-11-5-2-6-12-34;40-24-25-15-17-26(18-16-25)29-19-20-32-30-13-7-8-14-31(30)33-21-22-34(37(29)38(32)33)36-23-35(27-9-3-1-4-10-27)41-39(42-36)28-11-5-2-6-12-28/h1-30H;1-27H;1-23H. The van der Waals surface area contributed by atoms with Crippen LogP contribution in [0, 0.1) is 34.0 Å². The minimum absolute atomic E-state index is 0.630. The van der Waals surface area contributed by atoms with E-state index in [2.05, 4.69) is 315 Å². The third-order valence-corrected chi connectivity index (χ3v) is 28.5. The van der Waals surface area contributed by atoms with Gasteiger partial charge in [-0.2, -0.15) is 15.8 Å². The summed E-state index contributed by atoms with van der Waals surface area (Å²) in [5, 5.41) is 40.2. The molecule has 0 aliphatic heterocycles. The van der Waals surface area contributed by atoms with Gasteiger partial charge in [0.25, 0.3) is 0 Å². The van der Waals surface area contributed by atoms with Crippen molar-refractivity contribution in [3.05, 3.63) is 502 Å². The maximum atomic E-state index is 9.69. The number of aromatic nitrogens is 7. The molecular weight excluding hydrogens is 1770 g/mol. The Labute approximate surface area is 843 Å². The number of fused-ring (bicyclic) bond motifs is 11. The van der Waals surface area contributed by atoms with E-state index in [4.69, 9.17) is 34.9 Å². The van der Waals surface area contributed by atoms with E-state index in [0.717, 1.165) is 150 Å². The highest BCUT2D eigenvalue weighted by Gasteiger charge is 2.31. The van der Waals surface area contributed by atoms with Crippen LogP contribution in [-0.2, 0) is 0 Å². The molecule has 10 heteroatoms. The summed E-state index contributed by atoms with van der Waals surface area (Å²) in [5.74, 6) is 3.30. The number of nitrogens with zero attached hydrogens (tertiary/aromatic N) is 10. The lowest BCUT2D eigenvalue weighted by molar-refractivity contribution is 1.08. The molecule has 3 aliphatic rings. The molecule has 674 valence electrons. The van der Waals surface area contributed by atoms with Crippen LogP contribution in [0.15, 0.2) is 485 Å². The Morgan fingerprint density at radius 1 is 0.130 bits per heavy atom. The molecule has 0 bridgehead atoms. The van der Waals surface area contributed by atoms with Gasteiger partial charge in [-0.05, 0) is 225 Å². The summed E-state index contributed by atoms with van der Waals surface area (Å²) in [6.07, 6.45) is 0. The van der Waals surface area contributed by atoms with E-state index < -0.39 is 0 Å². The van der Waals surface area contributed by atoms with Gasteiger partial charge in [-0.3, -0.25) is 0 Å². The minimum Gasteiger partial charge on any atom is -0.228 e. The van der Waals surface area contributed by atoms with E-state index in [9.17, 15) is 15.8 Å². The summed E-state index contributed by atoms with van der Waals surface area (Å²) in [7, 11) is 0. The van der Waals surface area contributed by atoms with Gasteiger partial charge in [0, 0.05) is 55.5 Å². The van der Waals surface area contributed by atoms with Gasteiger partial charge in [-0.25, -0.2) is 34.9 Å². The van der Waals surface area contributed by atoms with Crippen LogP contribution >= 0.6 is 0 Å². The largest absolute Gasteiger partial charge is 0.228 e. The average Bonchev–Trinajstić information content (AvgIpc) is 1.56. The molecule has 3 aromatic heterocycles. The van der Waals surface area contributed by atoms with Crippen LogP contribution < -0.4 is 0 Å². The topological polar surface area (TPSA) is 162 Å². The van der Waals surface area contributed by atoms with E-state index in [1.54, 1.807) is 0 Å². The second kappa shape index (κ2) is 36.5. The number of rotatable bonds is 14. The molecule has 3 aliphatic carbocycles. The molecule has 0 atom stereocenters. The van der Waals surface area contributed by atoms with Gasteiger partial charge in [0.15, 0.2) is 29.1 Å². The molecule has 0 unspecified atom stereocenters. The monoisotopic (exact) mass is 1850 g/mol. The van der Waals surface area contributed by atoms with E-state index in [-0.39, 0.29) is 0 Å². The van der Waals surface area contributed by atoms with Crippen LogP contribution in [0.5, 0.6) is 0 Å². The maximum absolute atomic E-state index is 9.69. The van der Waals surface area contributed by atoms with Crippen molar-refractivity contribution >= 4 is 53.9 Å². The predicted octanol–water partition coefficient (Wildman–Crippen LogP) is 34.5. The van der Waals surface area contributed by atoms with Crippen molar-refractivity contribution in [3.63, 3.8) is 0 Å². The summed E-state index contributed by atoms with van der Waals surface area (Å²) < 4.78 is 0. The SMILES string of the molecule is N#Cc1ccc(-c2ccc3c4c(ccc(-c5cc(-c6ccccc6)nc(-c6ccccc6)n5)c24)-c2ccccc2-3)cc1.N#Cc1ccc(-c2ccc3c4c(ccc(-c5ccc(-c6cc(-c7ccccc7)nc(-c7ccccc7)n6)cc5)c24)-c2ccccc2-3)cc1.N#Cc1ccc2ccc(-c3ccc4c5c(ccc(-c6cccc7c(-c8nc(-c9ccccc9)nc(-c9ccccc9)n8)cccc67)c35)-c3ccccc3-4)cc2c1. The van der Waals surface area contributed by atoms with Gasteiger partial charge in [0.05, 0.1) is 57.7 Å². The Hall–Kier alpha value is -20.2. The van der Waals surface area contributed by atoms with E-state index in [0.29, 0.717) is 45.8 Å². The Balaban J connectivity index is 0.000000112. The van der Waals surface area contributed by atoms with Gasteiger partial charge >= 0.3 is 0 Å². The molecule has 25 aromatic rings. The number of hydrogen-bond acceptors (Lipinski definition) is 10. The van der Waals surface area contributed by atoms with E-state index in [1.807, 2.05) is 188 Å². The summed E-state index contributed by atoms with van der Waals surface area (Å²) in [5.41, 5.74) is 40.8. The third-order valence-electron chi connectivity index (χ3n) is 28.5. The zero-order valence-corrected chi connectivity index (χ0v) is 78.7. The summed E-state index contributed by atoms with van der Waals surface area (Å²) in [6.45, 7) is 0. The molecule has 0 saturated heterocycles. The van der Waals surface area contributed by atoms with Crippen molar-refractivity contribution in [1.82, 2.24) is 34.9 Å². The lowest BCUT2D eigenvalue weighted by atomic mass is 9.86. The van der Waals surface area contributed by atoms with E-state index in [1.165, 1.54) is 99.3 Å². The van der Waals surface area contributed by atoms with Crippen molar-refractivity contribution < 1.29 is 0 Å². The zero-order valence-electron chi connectivity index (χ0n) is 78.7. The first-order chi connectivity index (χ1) is 72.2. The highest BCUT2D eigenvalue weighted by molar-refractivity contribution is 6.27. The van der Waals surface area contributed by atoms with Crippen molar-refractivity contribution in [1.29, 1.82) is 15.8 Å². The molecule has 10 nitrogen and oxygen atoms in total. The highest BCUT2D eigenvalue weighted by Crippen LogP contribution is 2.57. The van der Waals surface area contributed by atoms with Gasteiger partial charge < -0.3 is 0 Å². The average molecular weight is 1850 g/mol. The molecule has 0 saturated carbocycles. The fourth-order valence-electron chi connectivity index (χ4n) is 21.6. The number of hydrogen-bond donors (Lipinski definition) is 0. The van der Waals surface area contributed by atoms with Crippen LogP contribution in [-0.4, -0.2) is 34.9 Å². The maximum Gasteiger partial charge on any atom is 0.164 e. The molecule has 0 amide bonds. The van der Waals surface area contributed by atoms with Crippen molar-refractivity contribution in [2.75, 3.05) is 0 Å². The summed E-state index contributed by atoms with van der Waals surface area (Å²) >= 11 is 0. The molecule has 28 rings (SSSR count). The molecular formula is C136H80N10. The zero-order chi connectivity index (χ0) is 97.2. The second-order valence-electron chi connectivity index (χ2n) is 36.8. The Morgan fingerprint density at radius 2 is 0.377 bits per heavy atom. The molecule has 3 heterocycles. The fraction of sp³-hybridized carbons (Fsp3) is 0. The van der Waals surface area contributed by atoms with Gasteiger partial charge in [0.1, 0.15) is 0 Å². The first-order valence-electron chi connectivity index (χ1n) is 48.8. The summed E-state index contributed by atoms with van der Waals surface area (Å²) in [6, 6.07) is 175. The summed E-state index contributed by atoms with van der Waals surface area (Å²) in [4.78, 5) is 35.4. The van der Waals surface area contributed by atoms with Crippen LogP contribution in [0.2, 0.25) is 0 Å². The lowest BCUT2D eigenvalue weighted by Crippen LogP contribution is -2.00. The number of nitriles is 3. The van der Waals surface area contributed by atoms with Crippen LogP contribution in [0.1, 0.15) is 16.7 Å². The highest BCUT2D eigenvalue weighted by atomic mass is 15.0. The molecule has 0 fully saturated rings. The van der Waals surface area contributed by atoms with Crippen molar-refractivity contribution in [2.24, 2.45) is 0 Å². The Bertz CT molecular complexity index is 9460.